The summed E-state index contributed by atoms with van der Waals surface area (Å²) in [5.41, 5.74) is 1.22. The van der Waals surface area contributed by atoms with Gasteiger partial charge < -0.3 is 10.1 Å². The molecule has 0 aliphatic heterocycles. The van der Waals surface area contributed by atoms with Crippen LogP contribution in [0.15, 0.2) is 29.1 Å². The van der Waals surface area contributed by atoms with Crippen molar-refractivity contribution in [3.8, 4) is 5.88 Å². The van der Waals surface area contributed by atoms with Crippen LogP contribution in [0.5, 0.6) is 5.88 Å². The van der Waals surface area contributed by atoms with Gasteiger partial charge in [-0.1, -0.05) is 36.6 Å². The van der Waals surface area contributed by atoms with Crippen molar-refractivity contribution >= 4 is 11.6 Å². The second-order valence-electron chi connectivity index (χ2n) is 5.53. The average Bonchev–Trinajstić information content (AvgIpc) is 2.94. The molecule has 110 valence electrons. The molecule has 0 spiro atoms. The molecule has 1 aliphatic rings. The molecular weight excluding hydrogens is 288 g/mol. The van der Waals surface area contributed by atoms with E-state index in [0.717, 1.165) is 31.2 Å². The molecule has 1 saturated carbocycles. The van der Waals surface area contributed by atoms with E-state index in [1.165, 1.54) is 0 Å². The van der Waals surface area contributed by atoms with Crippen LogP contribution < -0.4 is 5.56 Å². The van der Waals surface area contributed by atoms with Crippen molar-refractivity contribution in [3.63, 3.8) is 0 Å². The third-order valence-corrected chi connectivity index (χ3v) is 4.28. The van der Waals surface area contributed by atoms with Crippen molar-refractivity contribution in [2.75, 3.05) is 0 Å². The Bertz CT molecular complexity index is 688. The molecule has 2 N–H and O–H groups in total. The third kappa shape index (κ3) is 3.10. The van der Waals surface area contributed by atoms with Crippen LogP contribution in [0.2, 0.25) is 5.02 Å². The topological polar surface area (TPSA) is 66.0 Å². The van der Waals surface area contributed by atoms with Crippen molar-refractivity contribution in [3.05, 3.63) is 56.6 Å². The van der Waals surface area contributed by atoms with Gasteiger partial charge in [-0.2, -0.15) is 4.98 Å². The lowest BCUT2D eigenvalue weighted by Crippen LogP contribution is -2.19. The normalized spacial score (nSPS) is 15.5. The number of nitrogens with one attached hydrogen (secondary N) is 1. The van der Waals surface area contributed by atoms with E-state index >= 15 is 0 Å². The molecule has 1 aromatic carbocycles. The number of hydrogen-bond donors (Lipinski definition) is 2. The van der Waals surface area contributed by atoms with E-state index < -0.39 is 0 Å². The van der Waals surface area contributed by atoms with Crippen molar-refractivity contribution in [2.45, 2.75) is 38.0 Å². The van der Waals surface area contributed by atoms with E-state index in [1.807, 2.05) is 12.1 Å². The standard InChI is InChI=1S/C16H17ClN2O2/c17-12-7-5-10(6-8-12)9-13-18-15(20)14(16(21)19-13)11-3-1-2-4-11/h5-8,11H,1-4,9H2,(H2,18,19,20,21). The maximum absolute atomic E-state index is 12.2. The van der Waals surface area contributed by atoms with Gasteiger partial charge in [0.2, 0.25) is 5.88 Å². The lowest BCUT2D eigenvalue weighted by Gasteiger charge is -2.11. The number of hydrogen-bond acceptors (Lipinski definition) is 3. The molecule has 0 saturated heterocycles. The van der Waals surface area contributed by atoms with E-state index in [2.05, 4.69) is 9.97 Å². The Kier molecular flexibility index (Phi) is 3.97. The van der Waals surface area contributed by atoms with Crippen molar-refractivity contribution < 1.29 is 5.11 Å². The maximum atomic E-state index is 12.2. The zero-order valence-corrected chi connectivity index (χ0v) is 12.4. The molecule has 0 bridgehead atoms. The number of aromatic nitrogens is 2. The van der Waals surface area contributed by atoms with Crippen molar-refractivity contribution in [1.29, 1.82) is 0 Å². The molecule has 5 heteroatoms. The van der Waals surface area contributed by atoms with Gasteiger partial charge in [-0.15, -0.1) is 0 Å². The van der Waals surface area contributed by atoms with Gasteiger partial charge in [0, 0.05) is 11.4 Å². The first kappa shape index (κ1) is 14.1. The Morgan fingerprint density at radius 3 is 2.52 bits per heavy atom. The summed E-state index contributed by atoms with van der Waals surface area (Å²) < 4.78 is 0. The fourth-order valence-electron chi connectivity index (χ4n) is 2.98. The fraction of sp³-hybridized carbons (Fsp3) is 0.375. The molecule has 1 fully saturated rings. The van der Waals surface area contributed by atoms with Crippen molar-refractivity contribution in [2.24, 2.45) is 0 Å². The number of rotatable bonds is 3. The summed E-state index contributed by atoms with van der Waals surface area (Å²) in [5.74, 6) is 0.502. The number of aromatic hydroxyl groups is 1. The predicted molar refractivity (Wildman–Crippen MR) is 82.0 cm³/mol. The minimum atomic E-state index is -0.210. The lowest BCUT2D eigenvalue weighted by molar-refractivity contribution is 0.432. The monoisotopic (exact) mass is 304 g/mol. The SMILES string of the molecule is O=c1[nH]c(Cc2ccc(Cl)cc2)nc(O)c1C1CCCC1. The van der Waals surface area contributed by atoms with Gasteiger partial charge in [0.25, 0.3) is 5.56 Å². The Morgan fingerprint density at radius 1 is 1.24 bits per heavy atom. The van der Waals surface area contributed by atoms with Gasteiger partial charge in [0.1, 0.15) is 5.82 Å². The Balaban J connectivity index is 1.87. The van der Waals surface area contributed by atoms with Gasteiger partial charge in [0.05, 0.1) is 5.56 Å². The molecule has 2 aromatic rings. The van der Waals surface area contributed by atoms with E-state index in [9.17, 15) is 9.90 Å². The molecule has 1 aliphatic carbocycles. The highest BCUT2D eigenvalue weighted by Gasteiger charge is 2.24. The summed E-state index contributed by atoms with van der Waals surface area (Å²) in [6, 6.07) is 7.35. The first-order valence-electron chi connectivity index (χ1n) is 7.20. The molecule has 0 amide bonds. The summed E-state index contributed by atoms with van der Waals surface area (Å²) in [6.07, 6.45) is 4.58. The largest absolute Gasteiger partial charge is 0.493 e. The fourth-order valence-corrected chi connectivity index (χ4v) is 3.10. The number of nitrogens with zero attached hydrogens (tertiary/aromatic N) is 1. The number of aromatic amines is 1. The summed E-state index contributed by atoms with van der Waals surface area (Å²) in [7, 11) is 0. The van der Waals surface area contributed by atoms with Gasteiger partial charge in [-0.05, 0) is 36.5 Å². The highest BCUT2D eigenvalue weighted by atomic mass is 35.5. The summed E-state index contributed by atoms with van der Waals surface area (Å²) in [4.78, 5) is 19.2. The van der Waals surface area contributed by atoms with Crippen LogP contribution in [0.4, 0.5) is 0 Å². The molecule has 0 atom stereocenters. The molecule has 21 heavy (non-hydrogen) atoms. The van der Waals surface area contributed by atoms with Crippen LogP contribution in [0.25, 0.3) is 0 Å². The van der Waals surface area contributed by atoms with Crippen molar-refractivity contribution in [1.82, 2.24) is 9.97 Å². The van der Waals surface area contributed by atoms with E-state index in [-0.39, 0.29) is 17.4 Å². The highest BCUT2D eigenvalue weighted by molar-refractivity contribution is 6.30. The molecule has 3 rings (SSSR count). The second-order valence-corrected chi connectivity index (χ2v) is 5.97. The van der Waals surface area contributed by atoms with Crippen LogP contribution >= 0.6 is 11.6 Å². The molecule has 4 nitrogen and oxygen atoms in total. The van der Waals surface area contributed by atoms with Crippen LogP contribution in [0.1, 0.15) is 48.6 Å². The first-order chi connectivity index (χ1) is 10.1. The lowest BCUT2D eigenvalue weighted by atomic mass is 10.00. The Morgan fingerprint density at radius 2 is 1.90 bits per heavy atom. The van der Waals surface area contributed by atoms with Gasteiger partial charge in [0.15, 0.2) is 0 Å². The minimum absolute atomic E-state index is 0.116. The zero-order chi connectivity index (χ0) is 14.8. The van der Waals surface area contributed by atoms with E-state index in [1.54, 1.807) is 12.1 Å². The predicted octanol–water partition coefficient (Wildman–Crippen LogP) is 3.38. The quantitative estimate of drug-likeness (QED) is 0.913. The van der Waals surface area contributed by atoms with Gasteiger partial charge in [-0.3, -0.25) is 4.79 Å². The number of H-pyrrole nitrogens is 1. The molecule has 1 aromatic heterocycles. The van der Waals surface area contributed by atoms with E-state index in [0.29, 0.717) is 22.8 Å². The van der Waals surface area contributed by atoms with Crippen LogP contribution in [-0.4, -0.2) is 15.1 Å². The Labute approximate surface area is 127 Å². The summed E-state index contributed by atoms with van der Waals surface area (Å²) >= 11 is 5.85. The van der Waals surface area contributed by atoms with Crippen LogP contribution in [-0.2, 0) is 6.42 Å². The molecular formula is C16H17ClN2O2. The zero-order valence-electron chi connectivity index (χ0n) is 11.6. The molecule has 0 radical (unpaired) electrons. The van der Waals surface area contributed by atoms with Crippen LogP contribution in [0.3, 0.4) is 0 Å². The van der Waals surface area contributed by atoms with Gasteiger partial charge in [-0.25, -0.2) is 0 Å². The minimum Gasteiger partial charge on any atom is -0.493 e. The summed E-state index contributed by atoms with van der Waals surface area (Å²) in [5, 5.41) is 10.8. The average molecular weight is 305 g/mol. The molecule has 1 heterocycles. The van der Waals surface area contributed by atoms with E-state index in [4.69, 9.17) is 11.6 Å². The van der Waals surface area contributed by atoms with Gasteiger partial charge >= 0.3 is 0 Å². The maximum Gasteiger partial charge on any atom is 0.258 e. The third-order valence-electron chi connectivity index (χ3n) is 4.03. The number of halogens is 1. The first-order valence-corrected chi connectivity index (χ1v) is 7.58. The smallest absolute Gasteiger partial charge is 0.258 e. The highest BCUT2D eigenvalue weighted by Crippen LogP contribution is 2.35. The Hall–Kier alpha value is -1.81. The summed E-state index contributed by atoms with van der Waals surface area (Å²) in [6.45, 7) is 0. The number of benzene rings is 1. The van der Waals surface area contributed by atoms with Crippen LogP contribution in [0, 0.1) is 0 Å². The molecule has 0 unspecified atom stereocenters. The second kappa shape index (κ2) is 5.90.